The zero-order chi connectivity index (χ0) is 17.3. The van der Waals surface area contributed by atoms with Crippen LogP contribution in [0.2, 0.25) is 0 Å². The molecule has 0 spiro atoms. The second-order valence-electron chi connectivity index (χ2n) is 7.00. The zero-order valence-corrected chi connectivity index (χ0v) is 13.4. The topological polar surface area (TPSA) is 71.8 Å². The predicted octanol–water partition coefficient (Wildman–Crippen LogP) is 3.65. The standard InChI is InChI=1S/C18H15F2N3O2/c1-8-22-16(10-4-11-12(5-10)18(11,19)20)15(17(24)23-8)9-2-3-14-13(6-9)21-7-25-14/h2-3,6-7,10-12H,4-5H2,1H3,(H,22,23,24)/t10?,11-,12+. The molecule has 0 aliphatic heterocycles. The summed E-state index contributed by atoms with van der Waals surface area (Å²) in [5.41, 5.74) is 2.76. The molecule has 1 unspecified atom stereocenters. The fourth-order valence-electron chi connectivity index (χ4n) is 4.23. The van der Waals surface area contributed by atoms with Gasteiger partial charge in [-0.3, -0.25) is 4.79 Å². The molecule has 2 saturated carbocycles. The van der Waals surface area contributed by atoms with E-state index in [2.05, 4.69) is 15.0 Å². The minimum atomic E-state index is -2.54. The molecule has 1 N–H and O–H groups in total. The number of H-pyrrole nitrogens is 1. The number of aromatic amines is 1. The first-order valence-corrected chi connectivity index (χ1v) is 8.27. The summed E-state index contributed by atoms with van der Waals surface area (Å²) < 4.78 is 32.3. The van der Waals surface area contributed by atoms with Gasteiger partial charge >= 0.3 is 0 Å². The smallest absolute Gasteiger partial charge is 0.259 e. The van der Waals surface area contributed by atoms with Gasteiger partial charge in [-0.25, -0.2) is 18.7 Å². The molecular weight excluding hydrogens is 328 g/mol. The van der Waals surface area contributed by atoms with Crippen LogP contribution in [-0.2, 0) is 0 Å². The second kappa shape index (κ2) is 4.74. The van der Waals surface area contributed by atoms with Crippen LogP contribution in [-0.4, -0.2) is 20.9 Å². The van der Waals surface area contributed by atoms with Gasteiger partial charge in [0.1, 0.15) is 11.3 Å². The summed E-state index contributed by atoms with van der Waals surface area (Å²) >= 11 is 0. The third kappa shape index (κ3) is 2.08. The molecule has 128 valence electrons. The van der Waals surface area contributed by atoms with Crippen LogP contribution in [0.5, 0.6) is 0 Å². The molecule has 2 aromatic heterocycles. The van der Waals surface area contributed by atoms with Gasteiger partial charge in [-0.1, -0.05) is 6.07 Å². The summed E-state index contributed by atoms with van der Waals surface area (Å²) in [4.78, 5) is 24.0. The van der Waals surface area contributed by atoms with Crippen LogP contribution >= 0.6 is 0 Å². The maximum atomic E-state index is 13.5. The molecule has 1 aromatic carbocycles. The van der Waals surface area contributed by atoms with Gasteiger partial charge in [0.05, 0.1) is 11.3 Å². The molecule has 0 bridgehead atoms. The van der Waals surface area contributed by atoms with Crippen molar-refractivity contribution in [3.05, 3.63) is 46.5 Å². The number of aromatic nitrogens is 3. The third-order valence-electron chi connectivity index (χ3n) is 5.51. The number of fused-ring (bicyclic) bond motifs is 2. The third-order valence-corrected chi connectivity index (χ3v) is 5.51. The van der Waals surface area contributed by atoms with Crippen LogP contribution in [0.1, 0.15) is 30.3 Å². The molecule has 2 aliphatic rings. The lowest BCUT2D eigenvalue weighted by molar-refractivity contribution is 0.0693. The Hall–Kier alpha value is -2.57. The predicted molar refractivity (Wildman–Crippen MR) is 86.5 cm³/mol. The van der Waals surface area contributed by atoms with Gasteiger partial charge in [0.2, 0.25) is 0 Å². The highest BCUT2D eigenvalue weighted by molar-refractivity contribution is 5.80. The van der Waals surface area contributed by atoms with Crippen LogP contribution < -0.4 is 5.56 Å². The van der Waals surface area contributed by atoms with Crippen molar-refractivity contribution in [3.8, 4) is 11.1 Å². The lowest BCUT2D eigenvalue weighted by atomic mass is 9.92. The van der Waals surface area contributed by atoms with Crippen LogP contribution in [0, 0.1) is 18.8 Å². The first-order valence-electron chi connectivity index (χ1n) is 8.27. The van der Waals surface area contributed by atoms with Crippen LogP contribution in [0.15, 0.2) is 33.8 Å². The Labute approximate surface area is 141 Å². The number of hydrogen-bond acceptors (Lipinski definition) is 4. The molecule has 0 radical (unpaired) electrons. The van der Waals surface area contributed by atoms with Crippen LogP contribution in [0.25, 0.3) is 22.2 Å². The van der Waals surface area contributed by atoms with E-state index < -0.39 is 17.8 Å². The Morgan fingerprint density at radius 2 is 2.04 bits per heavy atom. The van der Waals surface area contributed by atoms with E-state index in [9.17, 15) is 13.6 Å². The van der Waals surface area contributed by atoms with Crippen molar-refractivity contribution < 1.29 is 13.2 Å². The molecule has 25 heavy (non-hydrogen) atoms. The molecule has 5 nitrogen and oxygen atoms in total. The number of rotatable bonds is 2. The summed E-state index contributed by atoms with van der Waals surface area (Å²) in [5, 5.41) is 0. The molecule has 3 aromatic rings. The van der Waals surface area contributed by atoms with Crippen molar-refractivity contribution in [2.24, 2.45) is 11.8 Å². The normalized spacial score (nSPS) is 26.8. The highest BCUT2D eigenvalue weighted by Gasteiger charge is 2.71. The van der Waals surface area contributed by atoms with E-state index in [-0.39, 0.29) is 11.5 Å². The second-order valence-corrected chi connectivity index (χ2v) is 7.00. The van der Waals surface area contributed by atoms with Gasteiger partial charge in [-0.15, -0.1) is 0 Å². The first kappa shape index (κ1) is 14.7. The van der Waals surface area contributed by atoms with Gasteiger partial charge in [0, 0.05) is 17.8 Å². The maximum Gasteiger partial charge on any atom is 0.259 e. The molecule has 5 rings (SSSR count). The highest BCUT2D eigenvalue weighted by Crippen LogP contribution is 2.67. The van der Waals surface area contributed by atoms with E-state index in [1.54, 1.807) is 25.1 Å². The van der Waals surface area contributed by atoms with E-state index in [0.717, 1.165) is 0 Å². The number of aryl methyl sites for hydroxylation is 1. The number of benzene rings is 1. The largest absolute Gasteiger partial charge is 0.443 e. The fraction of sp³-hybridized carbons (Fsp3) is 0.389. The molecule has 2 heterocycles. The van der Waals surface area contributed by atoms with E-state index >= 15 is 0 Å². The van der Waals surface area contributed by atoms with Gasteiger partial charge < -0.3 is 9.40 Å². The Balaban J connectivity index is 1.63. The van der Waals surface area contributed by atoms with Crippen LogP contribution in [0.4, 0.5) is 8.78 Å². The average Bonchev–Trinajstić information content (AvgIpc) is 3.02. The summed E-state index contributed by atoms with van der Waals surface area (Å²) in [6, 6.07) is 5.30. The minimum Gasteiger partial charge on any atom is -0.443 e. The van der Waals surface area contributed by atoms with Crippen molar-refractivity contribution in [3.63, 3.8) is 0 Å². The number of oxazole rings is 1. The highest BCUT2D eigenvalue weighted by atomic mass is 19.3. The summed E-state index contributed by atoms with van der Waals surface area (Å²) in [5.74, 6) is -3.28. The van der Waals surface area contributed by atoms with Crippen molar-refractivity contribution in [1.29, 1.82) is 0 Å². The quantitative estimate of drug-likeness (QED) is 0.771. The van der Waals surface area contributed by atoms with Gasteiger partial charge in [-0.2, -0.15) is 0 Å². The van der Waals surface area contributed by atoms with Crippen LogP contribution in [0.3, 0.4) is 0 Å². The summed E-state index contributed by atoms with van der Waals surface area (Å²) in [6.45, 7) is 1.71. The first-order chi connectivity index (χ1) is 11.9. The van der Waals surface area contributed by atoms with Crippen molar-refractivity contribution >= 4 is 11.1 Å². The summed E-state index contributed by atoms with van der Waals surface area (Å²) in [7, 11) is 0. The number of alkyl halides is 2. The van der Waals surface area contributed by atoms with Crippen molar-refractivity contribution in [2.45, 2.75) is 31.6 Å². The lowest BCUT2D eigenvalue weighted by Gasteiger charge is -2.17. The summed E-state index contributed by atoms with van der Waals surface area (Å²) in [6.07, 6.45) is 2.11. The van der Waals surface area contributed by atoms with E-state index in [4.69, 9.17) is 4.42 Å². The van der Waals surface area contributed by atoms with Gasteiger partial charge in [0.15, 0.2) is 12.0 Å². The minimum absolute atomic E-state index is 0.112. The number of halogens is 2. The monoisotopic (exact) mass is 343 g/mol. The van der Waals surface area contributed by atoms with E-state index in [1.165, 1.54) is 6.39 Å². The maximum absolute atomic E-state index is 13.5. The van der Waals surface area contributed by atoms with Crippen molar-refractivity contribution in [2.75, 3.05) is 0 Å². The SMILES string of the molecule is Cc1nc(C2C[C@@H]3[C@H](C2)C3(F)F)c(-c2ccc3ocnc3c2)c(=O)[nH]1. The molecule has 0 amide bonds. The lowest BCUT2D eigenvalue weighted by Crippen LogP contribution is -2.19. The number of nitrogens with zero attached hydrogens (tertiary/aromatic N) is 2. The zero-order valence-electron chi connectivity index (χ0n) is 13.4. The molecule has 2 aliphatic carbocycles. The molecular formula is C18H15F2N3O2. The number of hydrogen-bond donors (Lipinski definition) is 1. The molecule has 7 heteroatoms. The van der Waals surface area contributed by atoms with Gasteiger partial charge in [-0.05, 0) is 37.5 Å². The fourth-order valence-corrected chi connectivity index (χ4v) is 4.23. The molecule has 3 atom stereocenters. The Morgan fingerprint density at radius 3 is 2.80 bits per heavy atom. The Kier molecular flexibility index (Phi) is 2.80. The molecule has 2 fully saturated rings. The number of nitrogens with one attached hydrogen (secondary N) is 1. The van der Waals surface area contributed by atoms with E-state index in [1.807, 2.05) is 0 Å². The average molecular weight is 343 g/mol. The Morgan fingerprint density at radius 1 is 1.28 bits per heavy atom. The van der Waals surface area contributed by atoms with Crippen molar-refractivity contribution in [1.82, 2.24) is 15.0 Å². The van der Waals surface area contributed by atoms with E-state index in [0.29, 0.717) is 46.6 Å². The molecule has 0 saturated heterocycles. The Bertz CT molecular complexity index is 1040. The van der Waals surface area contributed by atoms with Gasteiger partial charge in [0.25, 0.3) is 11.5 Å².